The molecule has 0 saturated heterocycles. The Labute approximate surface area is 167 Å². The second kappa shape index (κ2) is 8.65. The maximum Gasteiger partial charge on any atom is 0.418 e. The number of halogens is 3. The van der Waals surface area contributed by atoms with E-state index in [1.54, 1.807) is 24.3 Å². The zero-order valence-electron chi connectivity index (χ0n) is 16.3. The molecule has 1 aliphatic rings. The average molecular weight is 404 g/mol. The number of amides is 1. The molecule has 0 bridgehead atoms. The molecule has 29 heavy (non-hydrogen) atoms. The van der Waals surface area contributed by atoms with E-state index in [0.29, 0.717) is 12.2 Å². The van der Waals surface area contributed by atoms with Gasteiger partial charge in [-0.1, -0.05) is 18.2 Å². The molecule has 154 valence electrons. The van der Waals surface area contributed by atoms with Crippen LogP contribution in [0.2, 0.25) is 0 Å². The lowest BCUT2D eigenvalue weighted by Crippen LogP contribution is -2.17. The second-order valence-electron chi connectivity index (χ2n) is 7.14. The number of anilines is 2. The number of hydrogen-bond acceptors (Lipinski definition) is 4. The summed E-state index contributed by atoms with van der Waals surface area (Å²) in [5.74, 6) is -0.866. The highest BCUT2D eigenvalue weighted by molar-refractivity contribution is 6.12. The number of para-hydroxylation sites is 1. The standard InChI is InChI=1S/C21H23F3N4O/c1-28(2)11-5-10-25-19-9-8-14(12-17(19)21(22,23)24)26-13-16-15-6-3-4-7-18(15)27-20(16)29/h3-4,6-9,12-13,16,25H,5,10-11H2,1-2H3,(H,27,29). The van der Waals surface area contributed by atoms with E-state index in [2.05, 4.69) is 15.6 Å². The molecule has 0 spiro atoms. The van der Waals surface area contributed by atoms with Gasteiger partial charge in [-0.25, -0.2) is 0 Å². The number of carbonyl (C=O) groups excluding carboxylic acids is 1. The van der Waals surface area contributed by atoms with Gasteiger partial charge in [-0.2, -0.15) is 13.2 Å². The van der Waals surface area contributed by atoms with Crippen molar-refractivity contribution in [3.05, 3.63) is 53.6 Å². The van der Waals surface area contributed by atoms with Crippen LogP contribution in [-0.2, 0) is 11.0 Å². The first-order valence-electron chi connectivity index (χ1n) is 9.29. The van der Waals surface area contributed by atoms with Gasteiger partial charge in [0.2, 0.25) is 5.91 Å². The smallest absolute Gasteiger partial charge is 0.385 e. The Balaban J connectivity index is 1.78. The largest absolute Gasteiger partial charge is 0.418 e. The van der Waals surface area contributed by atoms with E-state index in [9.17, 15) is 18.0 Å². The lowest BCUT2D eigenvalue weighted by atomic mass is 10.0. The van der Waals surface area contributed by atoms with Gasteiger partial charge < -0.3 is 15.5 Å². The Hall–Kier alpha value is -2.87. The van der Waals surface area contributed by atoms with Crippen LogP contribution in [0.4, 0.5) is 30.2 Å². The van der Waals surface area contributed by atoms with Crippen molar-refractivity contribution in [3.63, 3.8) is 0 Å². The minimum atomic E-state index is -4.51. The summed E-state index contributed by atoms with van der Waals surface area (Å²) in [6, 6.07) is 11.1. The van der Waals surface area contributed by atoms with Crippen molar-refractivity contribution in [1.29, 1.82) is 0 Å². The molecule has 0 fully saturated rings. The molecular weight excluding hydrogens is 381 g/mol. The van der Waals surface area contributed by atoms with Crippen molar-refractivity contribution >= 4 is 29.2 Å². The fourth-order valence-corrected chi connectivity index (χ4v) is 3.16. The highest BCUT2D eigenvalue weighted by Gasteiger charge is 2.34. The van der Waals surface area contributed by atoms with E-state index in [4.69, 9.17) is 0 Å². The molecule has 1 heterocycles. The molecular formula is C21H23F3N4O. The zero-order chi connectivity index (χ0) is 21.0. The number of nitrogens with zero attached hydrogens (tertiary/aromatic N) is 2. The number of alkyl halides is 3. The molecule has 3 rings (SSSR count). The van der Waals surface area contributed by atoms with Gasteiger partial charge in [-0.15, -0.1) is 0 Å². The van der Waals surface area contributed by atoms with Crippen molar-refractivity contribution in [2.24, 2.45) is 4.99 Å². The molecule has 1 amide bonds. The third-order valence-electron chi connectivity index (χ3n) is 4.61. The molecule has 0 aliphatic carbocycles. The highest BCUT2D eigenvalue weighted by atomic mass is 19.4. The molecule has 1 unspecified atom stereocenters. The number of rotatable bonds is 7. The molecule has 1 atom stereocenters. The van der Waals surface area contributed by atoms with Gasteiger partial charge in [0.15, 0.2) is 0 Å². The normalized spacial score (nSPS) is 16.3. The highest BCUT2D eigenvalue weighted by Crippen LogP contribution is 2.37. The van der Waals surface area contributed by atoms with Crippen LogP contribution in [0.25, 0.3) is 0 Å². The van der Waals surface area contributed by atoms with Crippen molar-refractivity contribution in [3.8, 4) is 0 Å². The quantitative estimate of drug-likeness (QED) is 0.528. The number of nitrogens with one attached hydrogen (secondary N) is 2. The van der Waals surface area contributed by atoms with Crippen LogP contribution in [0.15, 0.2) is 47.5 Å². The monoisotopic (exact) mass is 404 g/mol. The van der Waals surface area contributed by atoms with Gasteiger partial charge in [0, 0.05) is 24.1 Å². The third kappa shape index (κ3) is 5.14. The van der Waals surface area contributed by atoms with Gasteiger partial charge in [0.05, 0.1) is 11.3 Å². The van der Waals surface area contributed by atoms with Crippen LogP contribution in [0.1, 0.15) is 23.5 Å². The van der Waals surface area contributed by atoms with Gasteiger partial charge in [0.25, 0.3) is 0 Å². The summed E-state index contributed by atoms with van der Waals surface area (Å²) in [4.78, 5) is 18.3. The Kier molecular flexibility index (Phi) is 6.22. The van der Waals surface area contributed by atoms with E-state index in [-0.39, 0.29) is 17.3 Å². The first kappa shape index (κ1) is 20.9. The van der Waals surface area contributed by atoms with Crippen molar-refractivity contribution < 1.29 is 18.0 Å². The topological polar surface area (TPSA) is 56.7 Å². The van der Waals surface area contributed by atoms with Crippen LogP contribution < -0.4 is 10.6 Å². The minimum Gasteiger partial charge on any atom is -0.385 e. The summed E-state index contributed by atoms with van der Waals surface area (Å²) < 4.78 is 40.5. The van der Waals surface area contributed by atoms with Crippen molar-refractivity contribution in [2.45, 2.75) is 18.5 Å². The van der Waals surface area contributed by atoms with Gasteiger partial charge >= 0.3 is 6.18 Å². The molecule has 1 aliphatic heterocycles. The van der Waals surface area contributed by atoms with E-state index in [1.807, 2.05) is 19.0 Å². The Morgan fingerprint density at radius 2 is 1.97 bits per heavy atom. The molecule has 2 aromatic rings. The molecule has 0 radical (unpaired) electrons. The summed E-state index contributed by atoms with van der Waals surface area (Å²) in [6.45, 7) is 1.21. The first-order chi connectivity index (χ1) is 13.8. The summed E-state index contributed by atoms with van der Waals surface area (Å²) in [5.41, 5.74) is 0.861. The van der Waals surface area contributed by atoms with E-state index >= 15 is 0 Å². The number of fused-ring (bicyclic) bond motifs is 1. The molecule has 0 saturated carbocycles. The molecule has 5 nitrogen and oxygen atoms in total. The fraction of sp³-hybridized carbons (Fsp3) is 0.333. The van der Waals surface area contributed by atoms with Crippen molar-refractivity contribution in [2.75, 3.05) is 37.8 Å². The zero-order valence-corrected chi connectivity index (χ0v) is 16.3. The molecule has 2 aromatic carbocycles. The second-order valence-corrected chi connectivity index (χ2v) is 7.14. The molecule has 8 heteroatoms. The van der Waals surface area contributed by atoms with E-state index in [0.717, 1.165) is 24.6 Å². The Morgan fingerprint density at radius 1 is 1.21 bits per heavy atom. The van der Waals surface area contributed by atoms with Crippen LogP contribution in [-0.4, -0.2) is 44.2 Å². The number of benzene rings is 2. The van der Waals surface area contributed by atoms with Crippen LogP contribution in [0.3, 0.4) is 0 Å². The van der Waals surface area contributed by atoms with E-state index < -0.39 is 17.7 Å². The predicted molar refractivity (Wildman–Crippen MR) is 109 cm³/mol. The van der Waals surface area contributed by atoms with E-state index in [1.165, 1.54) is 18.3 Å². The Bertz CT molecular complexity index is 909. The maximum absolute atomic E-state index is 13.5. The number of aliphatic imine (C=N–C) groups is 1. The van der Waals surface area contributed by atoms with Crippen LogP contribution in [0.5, 0.6) is 0 Å². The molecule has 0 aromatic heterocycles. The Morgan fingerprint density at radius 3 is 2.69 bits per heavy atom. The third-order valence-corrected chi connectivity index (χ3v) is 4.61. The summed E-state index contributed by atoms with van der Waals surface area (Å²) in [6.07, 6.45) is -2.39. The lowest BCUT2D eigenvalue weighted by molar-refractivity contribution is -0.137. The van der Waals surface area contributed by atoms with Gasteiger partial charge in [-0.3, -0.25) is 9.79 Å². The summed E-state index contributed by atoms with van der Waals surface area (Å²) in [7, 11) is 3.83. The number of carbonyl (C=O) groups is 1. The lowest BCUT2D eigenvalue weighted by Gasteiger charge is -2.16. The average Bonchev–Trinajstić information content (AvgIpc) is 2.98. The summed E-state index contributed by atoms with van der Waals surface area (Å²) in [5, 5.41) is 5.60. The number of hydrogen-bond donors (Lipinski definition) is 2. The first-order valence-corrected chi connectivity index (χ1v) is 9.29. The van der Waals surface area contributed by atoms with Crippen LogP contribution >= 0.6 is 0 Å². The van der Waals surface area contributed by atoms with Crippen molar-refractivity contribution in [1.82, 2.24) is 4.90 Å². The summed E-state index contributed by atoms with van der Waals surface area (Å²) >= 11 is 0. The van der Waals surface area contributed by atoms with Gasteiger partial charge in [0.1, 0.15) is 5.92 Å². The molecule has 2 N–H and O–H groups in total. The van der Waals surface area contributed by atoms with Gasteiger partial charge in [-0.05, 0) is 56.9 Å². The minimum absolute atomic E-state index is 0.0270. The predicted octanol–water partition coefficient (Wildman–Crippen LogP) is 4.51. The van der Waals surface area contributed by atoms with Crippen LogP contribution in [0, 0.1) is 0 Å². The SMILES string of the molecule is CN(C)CCCNc1ccc(N=CC2C(=O)Nc3ccccc32)cc1C(F)(F)F. The fourth-order valence-electron chi connectivity index (χ4n) is 3.16. The maximum atomic E-state index is 13.5.